The summed E-state index contributed by atoms with van der Waals surface area (Å²) in [5.74, 6) is -0.365. The van der Waals surface area contributed by atoms with E-state index >= 15 is 0 Å². The first kappa shape index (κ1) is 19.0. The highest BCUT2D eigenvalue weighted by Gasteiger charge is 2.25. The van der Waals surface area contributed by atoms with E-state index < -0.39 is 0 Å². The second-order valence-electron chi connectivity index (χ2n) is 6.38. The van der Waals surface area contributed by atoms with Gasteiger partial charge in [-0.3, -0.25) is 4.90 Å². The van der Waals surface area contributed by atoms with Crippen LogP contribution in [0.25, 0.3) is 6.08 Å². The fourth-order valence-corrected chi connectivity index (χ4v) is 2.76. The lowest BCUT2D eigenvalue weighted by atomic mass is 10.2. The second-order valence-corrected chi connectivity index (χ2v) is 6.38. The van der Waals surface area contributed by atoms with Gasteiger partial charge in [0.25, 0.3) is 0 Å². The van der Waals surface area contributed by atoms with Crippen molar-refractivity contribution in [1.29, 1.82) is 0 Å². The molecule has 2 amide bonds. The Labute approximate surface area is 149 Å². The third kappa shape index (κ3) is 6.23. The number of ether oxygens (including phenoxy) is 1. The molecule has 1 atom stereocenters. The molecule has 2 rings (SSSR count). The summed E-state index contributed by atoms with van der Waals surface area (Å²) in [7, 11) is 0. The number of esters is 1. The fourth-order valence-electron chi connectivity index (χ4n) is 2.76. The van der Waals surface area contributed by atoms with Gasteiger partial charge in [-0.1, -0.05) is 12.1 Å². The van der Waals surface area contributed by atoms with Crippen LogP contribution in [0, 0.1) is 0 Å². The summed E-state index contributed by atoms with van der Waals surface area (Å²) >= 11 is 0. The maximum Gasteiger partial charge on any atom is 0.330 e. The third-order valence-electron chi connectivity index (χ3n) is 4.15. The molecule has 0 aromatic heterocycles. The van der Waals surface area contributed by atoms with Gasteiger partial charge in [-0.05, 0) is 51.0 Å². The normalized spacial score (nSPS) is 17.8. The molecule has 1 unspecified atom stereocenters. The lowest BCUT2D eigenvalue weighted by Crippen LogP contribution is -2.40. The van der Waals surface area contributed by atoms with Crippen LogP contribution < -0.4 is 10.6 Å². The minimum absolute atomic E-state index is 0.189. The van der Waals surface area contributed by atoms with Crippen LogP contribution >= 0.6 is 0 Å². The zero-order valence-corrected chi connectivity index (χ0v) is 15.1. The number of hydrogen-bond donors (Lipinski definition) is 2. The molecule has 6 nitrogen and oxygen atoms in total. The summed E-state index contributed by atoms with van der Waals surface area (Å²) < 4.78 is 4.83. The number of benzene rings is 1. The Morgan fingerprint density at radius 1 is 1.32 bits per heavy atom. The molecule has 0 saturated carbocycles. The predicted molar refractivity (Wildman–Crippen MR) is 99.4 cm³/mol. The topological polar surface area (TPSA) is 70.7 Å². The average molecular weight is 345 g/mol. The maximum absolute atomic E-state index is 12.1. The van der Waals surface area contributed by atoms with Gasteiger partial charge < -0.3 is 15.4 Å². The van der Waals surface area contributed by atoms with Crippen LogP contribution in [0.15, 0.2) is 30.3 Å². The highest BCUT2D eigenvalue weighted by Crippen LogP contribution is 2.14. The molecule has 1 aliphatic heterocycles. The van der Waals surface area contributed by atoms with E-state index in [1.165, 1.54) is 6.08 Å². The van der Waals surface area contributed by atoms with Gasteiger partial charge in [-0.25, -0.2) is 9.59 Å². The molecule has 0 radical (unpaired) electrons. The van der Waals surface area contributed by atoms with Gasteiger partial charge in [0.15, 0.2) is 0 Å². The highest BCUT2D eigenvalue weighted by atomic mass is 16.5. The Hall–Kier alpha value is -2.34. The quantitative estimate of drug-likeness (QED) is 0.614. The van der Waals surface area contributed by atoms with E-state index in [-0.39, 0.29) is 18.0 Å². The van der Waals surface area contributed by atoms with Crippen molar-refractivity contribution in [2.24, 2.45) is 0 Å². The van der Waals surface area contributed by atoms with Crippen molar-refractivity contribution in [2.45, 2.75) is 39.3 Å². The van der Waals surface area contributed by atoms with Crippen molar-refractivity contribution in [2.75, 3.05) is 25.0 Å². The van der Waals surface area contributed by atoms with Gasteiger partial charge >= 0.3 is 12.0 Å². The molecule has 0 spiro atoms. The second kappa shape index (κ2) is 9.22. The van der Waals surface area contributed by atoms with Crippen LogP contribution in [0.5, 0.6) is 0 Å². The number of nitrogens with one attached hydrogen (secondary N) is 2. The average Bonchev–Trinajstić information content (AvgIpc) is 3.03. The zero-order chi connectivity index (χ0) is 18.2. The summed E-state index contributed by atoms with van der Waals surface area (Å²) in [5.41, 5.74) is 1.58. The van der Waals surface area contributed by atoms with Crippen molar-refractivity contribution in [3.63, 3.8) is 0 Å². The van der Waals surface area contributed by atoms with E-state index in [1.54, 1.807) is 25.1 Å². The molecule has 1 aromatic carbocycles. The van der Waals surface area contributed by atoms with Crippen molar-refractivity contribution in [3.05, 3.63) is 35.9 Å². The maximum atomic E-state index is 12.1. The SMILES string of the molecule is CCOC(=O)/C=C/c1ccc(NC(=O)NC2CCN(C(C)C)C2)cc1. The smallest absolute Gasteiger partial charge is 0.330 e. The summed E-state index contributed by atoms with van der Waals surface area (Å²) in [6, 6.07) is 7.78. The molecule has 1 aliphatic rings. The van der Waals surface area contributed by atoms with Gasteiger partial charge in [0.05, 0.1) is 6.61 Å². The van der Waals surface area contributed by atoms with Crippen molar-refractivity contribution in [1.82, 2.24) is 10.2 Å². The molecule has 2 N–H and O–H groups in total. The summed E-state index contributed by atoms with van der Waals surface area (Å²) in [6.07, 6.45) is 4.04. The van der Waals surface area contributed by atoms with E-state index in [2.05, 4.69) is 29.4 Å². The first-order chi connectivity index (χ1) is 12.0. The molecule has 0 aliphatic carbocycles. The fraction of sp³-hybridized carbons (Fsp3) is 0.474. The van der Waals surface area contributed by atoms with Crippen molar-refractivity contribution in [3.8, 4) is 0 Å². The molecule has 6 heteroatoms. The largest absolute Gasteiger partial charge is 0.463 e. The lowest BCUT2D eigenvalue weighted by Gasteiger charge is -2.20. The first-order valence-electron chi connectivity index (χ1n) is 8.74. The van der Waals surface area contributed by atoms with Crippen LogP contribution in [-0.2, 0) is 9.53 Å². The van der Waals surface area contributed by atoms with Gasteiger partial charge in [-0.15, -0.1) is 0 Å². The molecule has 136 valence electrons. The lowest BCUT2D eigenvalue weighted by molar-refractivity contribution is -0.137. The van der Waals surface area contributed by atoms with Gasteiger partial charge in [-0.2, -0.15) is 0 Å². The van der Waals surface area contributed by atoms with Gasteiger partial charge in [0.2, 0.25) is 0 Å². The Bertz CT molecular complexity index is 611. The molecule has 0 bridgehead atoms. The Morgan fingerprint density at radius 3 is 2.64 bits per heavy atom. The van der Waals surface area contributed by atoms with E-state index in [1.807, 2.05) is 12.1 Å². The van der Waals surface area contributed by atoms with Crippen LogP contribution in [0.1, 0.15) is 32.8 Å². The van der Waals surface area contributed by atoms with E-state index in [0.717, 1.165) is 25.1 Å². The van der Waals surface area contributed by atoms with Crippen molar-refractivity contribution >= 4 is 23.8 Å². The van der Waals surface area contributed by atoms with Crippen LogP contribution in [0.3, 0.4) is 0 Å². The number of amides is 2. The minimum atomic E-state index is -0.365. The summed E-state index contributed by atoms with van der Waals surface area (Å²) in [5, 5.41) is 5.86. The van der Waals surface area contributed by atoms with Crippen LogP contribution in [-0.4, -0.2) is 48.7 Å². The summed E-state index contributed by atoms with van der Waals surface area (Å²) in [4.78, 5) is 25.7. The molecule has 1 heterocycles. The molecule has 25 heavy (non-hydrogen) atoms. The number of hydrogen-bond acceptors (Lipinski definition) is 4. The number of carbonyl (C=O) groups is 2. The van der Waals surface area contributed by atoms with Crippen molar-refractivity contribution < 1.29 is 14.3 Å². The number of nitrogens with zero attached hydrogens (tertiary/aromatic N) is 1. The van der Waals surface area contributed by atoms with Crippen LogP contribution in [0.4, 0.5) is 10.5 Å². The number of likely N-dealkylation sites (tertiary alicyclic amines) is 1. The predicted octanol–water partition coefficient (Wildman–Crippen LogP) is 2.87. The highest BCUT2D eigenvalue weighted by molar-refractivity contribution is 5.90. The summed E-state index contributed by atoms with van der Waals surface area (Å²) in [6.45, 7) is 8.37. The molecular weight excluding hydrogens is 318 g/mol. The zero-order valence-electron chi connectivity index (χ0n) is 15.1. The van der Waals surface area contributed by atoms with E-state index in [0.29, 0.717) is 18.3 Å². The van der Waals surface area contributed by atoms with E-state index in [4.69, 9.17) is 4.74 Å². The Kier molecular flexibility index (Phi) is 7.01. The minimum Gasteiger partial charge on any atom is -0.463 e. The first-order valence-corrected chi connectivity index (χ1v) is 8.74. The molecule has 1 saturated heterocycles. The number of urea groups is 1. The molecular formula is C19H27N3O3. The number of rotatable bonds is 6. The Morgan fingerprint density at radius 2 is 2.04 bits per heavy atom. The third-order valence-corrected chi connectivity index (χ3v) is 4.15. The van der Waals surface area contributed by atoms with Gasteiger partial charge in [0, 0.05) is 36.9 Å². The number of anilines is 1. The standard InChI is InChI=1S/C19H27N3O3/c1-4-25-18(23)10-7-15-5-8-16(9-6-15)20-19(24)21-17-11-12-22(13-17)14(2)3/h5-10,14,17H,4,11-13H2,1-3H3,(H2,20,21,24)/b10-7+. The molecule has 1 fully saturated rings. The monoisotopic (exact) mass is 345 g/mol. The van der Waals surface area contributed by atoms with Gasteiger partial charge in [0.1, 0.15) is 0 Å². The number of carbonyl (C=O) groups excluding carboxylic acids is 2. The Balaban J connectivity index is 1.80. The molecule has 1 aromatic rings. The van der Waals surface area contributed by atoms with E-state index in [9.17, 15) is 9.59 Å². The van der Waals surface area contributed by atoms with Crippen LogP contribution in [0.2, 0.25) is 0 Å².